The molecule has 0 aromatic carbocycles. The molecule has 0 aromatic rings. The van der Waals surface area contributed by atoms with Crippen LogP contribution in [0.4, 0.5) is 0 Å². The zero-order valence-electron chi connectivity index (χ0n) is 17.1. The molecular weight excluding hydrogens is 380 g/mol. The first kappa shape index (κ1) is 22.4. The molecule has 6 heteroatoms. The normalized spacial score (nSPS) is 23.7. The summed E-state index contributed by atoms with van der Waals surface area (Å²) in [5.41, 5.74) is 6.20. The van der Waals surface area contributed by atoms with Crippen LogP contribution in [-0.4, -0.2) is 19.0 Å². The number of rotatable bonds is 5. The Hall–Kier alpha value is -0.906. The maximum absolute atomic E-state index is 12.0. The van der Waals surface area contributed by atoms with E-state index >= 15 is 0 Å². The number of allylic oxidation sites excluding steroid dienone is 4. The second-order valence-electron chi connectivity index (χ2n) is 7.29. The zero-order valence-corrected chi connectivity index (χ0v) is 18.6. The Morgan fingerprint density at radius 3 is 2.11 bits per heavy atom. The van der Waals surface area contributed by atoms with Crippen LogP contribution in [-0.2, 0) is 34.9 Å². The molecule has 0 radical (unpaired) electrons. The van der Waals surface area contributed by atoms with E-state index in [2.05, 4.69) is 6.92 Å². The molecule has 0 saturated heterocycles. The van der Waals surface area contributed by atoms with Crippen molar-refractivity contribution in [3.05, 3.63) is 22.3 Å². The number of hydrogen-bond donors (Lipinski definition) is 0. The molecule has 5 nitrogen and oxygen atoms in total. The van der Waals surface area contributed by atoms with Crippen molar-refractivity contribution in [3.8, 4) is 0 Å². The Balaban J connectivity index is 0.00000126. The summed E-state index contributed by atoms with van der Waals surface area (Å²) in [5.74, 6) is -0.0104. The van der Waals surface area contributed by atoms with Gasteiger partial charge in [0.2, 0.25) is 0 Å². The molecule has 2 unspecified atom stereocenters. The molecule has 0 amide bonds. The first-order valence-corrected chi connectivity index (χ1v) is 12.4. The predicted molar refractivity (Wildman–Crippen MR) is 98.0 cm³/mol. The van der Waals surface area contributed by atoms with Crippen molar-refractivity contribution >= 4 is 11.9 Å². The van der Waals surface area contributed by atoms with Crippen LogP contribution in [0.15, 0.2) is 22.3 Å². The SMILES string of the molecule is CCC(=O)[O][Ti+]([O]C(=O)CC)[CH]1CCCC2=C1C(C)C1=C2CCCC1.C[O-]. The molecule has 0 spiro atoms. The van der Waals surface area contributed by atoms with E-state index in [1.165, 1.54) is 36.8 Å². The van der Waals surface area contributed by atoms with Gasteiger partial charge in [0.05, 0.1) is 0 Å². The Bertz CT molecular complexity index is 604. The molecule has 150 valence electrons. The summed E-state index contributed by atoms with van der Waals surface area (Å²) >= 11 is -2.75. The third-order valence-electron chi connectivity index (χ3n) is 5.80. The quantitative estimate of drug-likeness (QED) is 0.636. The fraction of sp³-hybridized carbons (Fsp3) is 0.714. The van der Waals surface area contributed by atoms with Crippen molar-refractivity contribution in [1.29, 1.82) is 0 Å². The molecule has 0 saturated carbocycles. The van der Waals surface area contributed by atoms with Crippen LogP contribution >= 0.6 is 0 Å². The van der Waals surface area contributed by atoms with Gasteiger partial charge < -0.3 is 5.11 Å². The molecular formula is C21H32O5Ti. The van der Waals surface area contributed by atoms with Gasteiger partial charge in [-0.2, -0.15) is 7.11 Å². The molecule has 0 bridgehead atoms. The van der Waals surface area contributed by atoms with E-state index in [0.717, 1.165) is 26.4 Å². The van der Waals surface area contributed by atoms with Gasteiger partial charge in [0, 0.05) is 0 Å². The van der Waals surface area contributed by atoms with E-state index in [4.69, 9.17) is 11.7 Å². The van der Waals surface area contributed by atoms with Crippen LogP contribution in [0.25, 0.3) is 0 Å². The smallest absolute Gasteiger partial charge is 0.153 e. The molecule has 3 rings (SSSR count). The first-order chi connectivity index (χ1) is 13.1. The second kappa shape index (κ2) is 10.6. The summed E-state index contributed by atoms with van der Waals surface area (Å²) in [6.45, 7) is 5.90. The molecule has 0 fully saturated rings. The van der Waals surface area contributed by atoms with Crippen molar-refractivity contribution < 1.29 is 40.0 Å². The fourth-order valence-corrected chi connectivity index (χ4v) is 8.00. The van der Waals surface area contributed by atoms with Gasteiger partial charge in [0.15, 0.2) is 0 Å². The minimum absolute atomic E-state index is 0.176. The maximum atomic E-state index is 12.0. The van der Waals surface area contributed by atoms with E-state index < -0.39 is 18.6 Å². The van der Waals surface area contributed by atoms with Crippen molar-refractivity contribution in [3.63, 3.8) is 0 Å². The molecule has 27 heavy (non-hydrogen) atoms. The van der Waals surface area contributed by atoms with E-state index in [1.807, 2.05) is 0 Å². The standard InChI is InChI=1S/C14H19.2C3H6O2.CH3O.Ti/c1-10-11-6-2-4-8-13(11)14-9-5-3-7-12(10)14;2*1-2-3(4)5;1-2;/h6,10H,2-5,7-9H2,1H3;2*2H2,1H3,(H,4,5);1H3;/q;;;-1;+3/p-2. The molecule has 2 atom stereocenters. The van der Waals surface area contributed by atoms with E-state index in [1.54, 1.807) is 25.0 Å². The molecule has 3 aliphatic carbocycles. The second-order valence-corrected chi connectivity index (χ2v) is 10.0. The summed E-state index contributed by atoms with van der Waals surface area (Å²) in [4.78, 5) is 23.9. The topological polar surface area (TPSA) is 75.7 Å². The number of hydrogen-bond acceptors (Lipinski definition) is 5. The van der Waals surface area contributed by atoms with Crippen molar-refractivity contribution in [1.82, 2.24) is 0 Å². The van der Waals surface area contributed by atoms with Gasteiger partial charge >= 0.3 is 158 Å². The maximum Gasteiger partial charge on any atom is -0.153 e. The summed E-state index contributed by atoms with van der Waals surface area (Å²) in [6.07, 6.45) is 8.89. The molecule has 0 N–H and O–H groups in total. The van der Waals surface area contributed by atoms with Gasteiger partial charge in [-0.3, -0.25) is 0 Å². The largest absolute Gasteiger partial charge is 0.857 e. The van der Waals surface area contributed by atoms with E-state index in [0.29, 0.717) is 18.8 Å². The Labute approximate surface area is 170 Å². The monoisotopic (exact) mass is 412 g/mol. The zero-order chi connectivity index (χ0) is 20.0. The van der Waals surface area contributed by atoms with Gasteiger partial charge in [0.25, 0.3) is 0 Å². The Morgan fingerprint density at radius 1 is 0.963 bits per heavy atom. The number of carbonyl (C=O) groups excluding carboxylic acids is 2. The van der Waals surface area contributed by atoms with Crippen LogP contribution in [0.3, 0.4) is 0 Å². The summed E-state index contributed by atoms with van der Waals surface area (Å²) in [5, 5.41) is 8.25. The van der Waals surface area contributed by atoms with E-state index in [-0.39, 0.29) is 16.2 Å². The van der Waals surface area contributed by atoms with Crippen LogP contribution in [0.1, 0.15) is 78.6 Å². The fourth-order valence-electron chi connectivity index (χ4n) is 4.60. The summed E-state index contributed by atoms with van der Waals surface area (Å²) in [6, 6.07) is 0. The predicted octanol–water partition coefficient (Wildman–Crippen LogP) is 4.11. The average molecular weight is 412 g/mol. The number of carbonyl (C=O) groups is 2. The summed E-state index contributed by atoms with van der Waals surface area (Å²) < 4.78 is 11.7. The van der Waals surface area contributed by atoms with Gasteiger partial charge in [-0.1, -0.05) is 0 Å². The first-order valence-electron chi connectivity index (χ1n) is 10.2. The average Bonchev–Trinajstić information content (AvgIpc) is 3.01. The Kier molecular flexibility index (Phi) is 8.78. The van der Waals surface area contributed by atoms with Gasteiger partial charge in [-0.05, 0) is 0 Å². The molecule has 0 aliphatic heterocycles. The third-order valence-corrected chi connectivity index (χ3v) is 8.96. The molecule has 0 heterocycles. The molecule has 3 aliphatic rings. The van der Waals surface area contributed by atoms with Crippen molar-refractivity contribution in [2.75, 3.05) is 7.11 Å². The van der Waals surface area contributed by atoms with Gasteiger partial charge in [-0.15, -0.1) is 0 Å². The minimum atomic E-state index is -2.75. The van der Waals surface area contributed by atoms with Crippen molar-refractivity contribution in [2.24, 2.45) is 5.92 Å². The van der Waals surface area contributed by atoms with Crippen molar-refractivity contribution in [2.45, 2.75) is 82.8 Å². The van der Waals surface area contributed by atoms with Crippen LogP contribution in [0.5, 0.6) is 0 Å². The van der Waals surface area contributed by atoms with Gasteiger partial charge in [-0.25, -0.2) is 0 Å². The Morgan fingerprint density at radius 2 is 1.52 bits per heavy atom. The van der Waals surface area contributed by atoms with E-state index in [9.17, 15) is 9.59 Å². The van der Waals surface area contributed by atoms with Gasteiger partial charge in [0.1, 0.15) is 0 Å². The molecule has 0 aromatic heterocycles. The van der Waals surface area contributed by atoms with Crippen LogP contribution in [0.2, 0.25) is 4.22 Å². The minimum Gasteiger partial charge on any atom is -0.857 e. The summed E-state index contributed by atoms with van der Waals surface area (Å²) in [7, 11) is 0.750. The van der Waals surface area contributed by atoms with Crippen LogP contribution < -0.4 is 5.11 Å². The third kappa shape index (κ3) is 4.93. The van der Waals surface area contributed by atoms with Crippen LogP contribution in [0, 0.1) is 5.92 Å². The number of fused-ring (bicyclic) bond motifs is 1.